The lowest BCUT2D eigenvalue weighted by atomic mass is 10.2. The SMILES string of the molecule is Cc1ccc(NC(=O)[C@@H](C)Sc2nnc(C)c(=O)[nH]2)cc1. The van der Waals surface area contributed by atoms with Crippen LogP contribution in [0.25, 0.3) is 0 Å². The van der Waals surface area contributed by atoms with Gasteiger partial charge < -0.3 is 5.32 Å². The maximum atomic E-state index is 12.1. The fraction of sp³-hybridized carbons (Fsp3) is 0.286. The van der Waals surface area contributed by atoms with Gasteiger partial charge in [-0.05, 0) is 32.9 Å². The first-order valence-corrected chi connectivity index (χ1v) is 7.31. The van der Waals surface area contributed by atoms with Crippen molar-refractivity contribution in [1.82, 2.24) is 15.2 Å². The van der Waals surface area contributed by atoms with E-state index in [1.165, 1.54) is 0 Å². The molecule has 7 heteroatoms. The Balaban J connectivity index is 2.00. The van der Waals surface area contributed by atoms with E-state index in [0.717, 1.165) is 23.0 Å². The monoisotopic (exact) mass is 304 g/mol. The van der Waals surface area contributed by atoms with Gasteiger partial charge in [-0.25, -0.2) is 0 Å². The van der Waals surface area contributed by atoms with E-state index in [9.17, 15) is 9.59 Å². The number of H-pyrrole nitrogens is 1. The molecule has 2 aromatic rings. The van der Waals surface area contributed by atoms with Crippen LogP contribution in [0.4, 0.5) is 5.69 Å². The van der Waals surface area contributed by atoms with Crippen LogP contribution in [-0.2, 0) is 4.79 Å². The average Bonchev–Trinajstić information content (AvgIpc) is 2.45. The van der Waals surface area contributed by atoms with E-state index in [1.54, 1.807) is 13.8 Å². The van der Waals surface area contributed by atoms with Crippen LogP contribution in [0.15, 0.2) is 34.2 Å². The fourth-order valence-corrected chi connectivity index (χ4v) is 2.27. The van der Waals surface area contributed by atoms with Gasteiger partial charge in [0.1, 0.15) is 5.69 Å². The minimum Gasteiger partial charge on any atom is -0.325 e. The summed E-state index contributed by atoms with van der Waals surface area (Å²) < 4.78 is 0. The molecule has 0 saturated heterocycles. The van der Waals surface area contributed by atoms with E-state index in [2.05, 4.69) is 20.5 Å². The van der Waals surface area contributed by atoms with Crippen molar-refractivity contribution in [2.75, 3.05) is 5.32 Å². The summed E-state index contributed by atoms with van der Waals surface area (Å²) in [6.07, 6.45) is 0. The third kappa shape index (κ3) is 4.16. The second-order valence-electron chi connectivity index (χ2n) is 4.66. The molecule has 0 saturated carbocycles. The van der Waals surface area contributed by atoms with Gasteiger partial charge in [-0.15, -0.1) is 10.2 Å². The average molecular weight is 304 g/mol. The highest BCUT2D eigenvalue weighted by atomic mass is 32.2. The summed E-state index contributed by atoms with van der Waals surface area (Å²) in [5.41, 5.74) is 1.87. The van der Waals surface area contributed by atoms with Crippen molar-refractivity contribution in [3.63, 3.8) is 0 Å². The third-order valence-corrected chi connectivity index (χ3v) is 3.79. The number of thioether (sulfide) groups is 1. The lowest BCUT2D eigenvalue weighted by Gasteiger charge is -2.11. The number of nitrogens with zero attached hydrogens (tertiary/aromatic N) is 2. The van der Waals surface area contributed by atoms with Crippen LogP contribution in [0.2, 0.25) is 0 Å². The van der Waals surface area contributed by atoms with Gasteiger partial charge in [0, 0.05) is 5.69 Å². The molecule has 0 bridgehead atoms. The maximum absolute atomic E-state index is 12.1. The Morgan fingerprint density at radius 2 is 1.90 bits per heavy atom. The van der Waals surface area contributed by atoms with Crippen LogP contribution in [0.3, 0.4) is 0 Å². The van der Waals surface area contributed by atoms with Crippen LogP contribution in [0.5, 0.6) is 0 Å². The van der Waals surface area contributed by atoms with Gasteiger partial charge in [-0.2, -0.15) is 0 Å². The summed E-state index contributed by atoms with van der Waals surface area (Å²) in [5.74, 6) is -0.160. The van der Waals surface area contributed by atoms with Crippen molar-refractivity contribution in [3.05, 3.63) is 45.9 Å². The first kappa shape index (κ1) is 15.2. The zero-order chi connectivity index (χ0) is 15.4. The maximum Gasteiger partial charge on any atom is 0.273 e. The predicted molar refractivity (Wildman–Crippen MR) is 82.5 cm³/mol. The first-order chi connectivity index (χ1) is 9.95. The van der Waals surface area contributed by atoms with Gasteiger partial charge in [-0.3, -0.25) is 14.6 Å². The van der Waals surface area contributed by atoms with Crippen molar-refractivity contribution >= 4 is 23.4 Å². The van der Waals surface area contributed by atoms with Crippen LogP contribution < -0.4 is 10.9 Å². The molecule has 0 aliphatic heterocycles. The topological polar surface area (TPSA) is 87.7 Å². The van der Waals surface area contributed by atoms with Gasteiger partial charge in [0.25, 0.3) is 5.56 Å². The molecule has 1 amide bonds. The normalized spacial score (nSPS) is 12.0. The molecular weight excluding hydrogens is 288 g/mol. The number of anilines is 1. The second-order valence-corrected chi connectivity index (χ2v) is 5.99. The Morgan fingerprint density at radius 1 is 1.24 bits per heavy atom. The highest BCUT2D eigenvalue weighted by Gasteiger charge is 2.16. The minimum absolute atomic E-state index is 0.160. The number of aryl methyl sites for hydroxylation is 2. The molecule has 0 fully saturated rings. The van der Waals surface area contributed by atoms with Crippen molar-refractivity contribution < 1.29 is 4.79 Å². The number of carbonyl (C=O) groups excluding carboxylic acids is 1. The van der Waals surface area contributed by atoms with E-state index >= 15 is 0 Å². The second kappa shape index (κ2) is 6.53. The van der Waals surface area contributed by atoms with Gasteiger partial charge >= 0.3 is 0 Å². The summed E-state index contributed by atoms with van der Waals surface area (Å²) in [4.78, 5) is 26.1. The Morgan fingerprint density at radius 3 is 2.52 bits per heavy atom. The number of rotatable bonds is 4. The molecule has 1 aromatic heterocycles. The minimum atomic E-state index is -0.404. The van der Waals surface area contributed by atoms with E-state index in [4.69, 9.17) is 0 Å². The highest BCUT2D eigenvalue weighted by molar-refractivity contribution is 8.00. The Kier molecular flexibility index (Phi) is 4.74. The summed E-state index contributed by atoms with van der Waals surface area (Å²) in [7, 11) is 0. The molecule has 0 aliphatic rings. The molecule has 6 nitrogen and oxygen atoms in total. The number of aromatic amines is 1. The summed E-state index contributed by atoms with van der Waals surface area (Å²) in [5, 5.41) is 10.3. The largest absolute Gasteiger partial charge is 0.325 e. The van der Waals surface area contributed by atoms with Gasteiger partial charge in [0.05, 0.1) is 5.25 Å². The zero-order valence-corrected chi connectivity index (χ0v) is 12.8. The number of hydrogen-bond donors (Lipinski definition) is 2. The standard InChI is InChI=1S/C14H16N4O2S/c1-8-4-6-11(7-5-8)15-13(20)10(3)21-14-16-12(19)9(2)17-18-14/h4-7,10H,1-3H3,(H,15,20)(H,16,18,19)/t10-/m1/s1. The molecule has 2 rings (SSSR count). The molecule has 0 spiro atoms. The van der Waals surface area contributed by atoms with Crippen LogP contribution in [0.1, 0.15) is 18.2 Å². The van der Waals surface area contributed by atoms with Gasteiger partial charge in [0.2, 0.25) is 5.91 Å². The Bertz CT molecular complexity index is 697. The Labute approximate surface area is 126 Å². The van der Waals surface area contributed by atoms with E-state index in [-0.39, 0.29) is 11.5 Å². The number of carbonyl (C=O) groups is 1. The number of nitrogens with one attached hydrogen (secondary N) is 2. The molecule has 2 N–H and O–H groups in total. The van der Waals surface area contributed by atoms with Gasteiger partial charge in [-0.1, -0.05) is 29.5 Å². The van der Waals surface area contributed by atoms with Gasteiger partial charge in [0.15, 0.2) is 5.16 Å². The smallest absolute Gasteiger partial charge is 0.273 e. The zero-order valence-electron chi connectivity index (χ0n) is 12.0. The number of hydrogen-bond acceptors (Lipinski definition) is 5. The molecule has 1 heterocycles. The number of amides is 1. The van der Waals surface area contributed by atoms with Crippen LogP contribution in [-0.4, -0.2) is 26.3 Å². The van der Waals surface area contributed by atoms with Crippen molar-refractivity contribution in [3.8, 4) is 0 Å². The summed E-state index contributed by atoms with van der Waals surface area (Å²) in [6.45, 7) is 5.30. The van der Waals surface area contributed by atoms with E-state index in [1.807, 2.05) is 31.2 Å². The number of aromatic nitrogens is 3. The molecule has 110 valence electrons. The molecule has 21 heavy (non-hydrogen) atoms. The lowest BCUT2D eigenvalue weighted by molar-refractivity contribution is -0.115. The fourth-order valence-electron chi connectivity index (χ4n) is 1.53. The van der Waals surface area contributed by atoms with Crippen molar-refractivity contribution in [2.24, 2.45) is 0 Å². The van der Waals surface area contributed by atoms with Crippen LogP contribution >= 0.6 is 11.8 Å². The lowest BCUT2D eigenvalue weighted by Crippen LogP contribution is -2.23. The van der Waals surface area contributed by atoms with E-state index < -0.39 is 5.25 Å². The quantitative estimate of drug-likeness (QED) is 0.842. The molecule has 0 unspecified atom stereocenters. The molecule has 1 aromatic carbocycles. The van der Waals surface area contributed by atoms with Crippen molar-refractivity contribution in [1.29, 1.82) is 0 Å². The highest BCUT2D eigenvalue weighted by Crippen LogP contribution is 2.19. The molecular formula is C14H16N4O2S. The molecule has 0 aliphatic carbocycles. The van der Waals surface area contributed by atoms with Crippen LogP contribution in [0, 0.1) is 13.8 Å². The third-order valence-electron chi connectivity index (χ3n) is 2.82. The first-order valence-electron chi connectivity index (χ1n) is 6.43. The summed E-state index contributed by atoms with van der Waals surface area (Å²) >= 11 is 1.16. The number of benzene rings is 1. The predicted octanol–water partition coefficient (Wildman–Crippen LogP) is 1.90. The molecule has 1 atom stereocenters. The van der Waals surface area contributed by atoms with E-state index in [0.29, 0.717) is 10.9 Å². The molecule has 0 radical (unpaired) electrons. The van der Waals surface area contributed by atoms with Crippen molar-refractivity contribution in [2.45, 2.75) is 31.2 Å². The summed E-state index contributed by atoms with van der Waals surface area (Å²) in [6, 6.07) is 7.54. The Hall–Kier alpha value is -2.15.